The molecular formula is C32H44O3. The molecule has 3 aromatic rings. The van der Waals surface area contributed by atoms with Crippen LogP contribution in [0.25, 0.3) is 11.1 Å². The minimum atomic E-state index is 0.277. The molecule has 0 saturated carbocycles. The number of aromatic hydroxyl groups is 2. The first kappa shape index (κ1) is 31.7. The molecule has 0 saturated heterocycles. The molecule has 0 aliphatic carbocycles. The van der Waals surface area contributed by atoms with E-state index in [9.17, 15) is 10.2 Å². The quantitative estimate of drug-likeness (QED) is 0.349. The molecule has 0 fully saturated rings. The average molecular weight is 477 g/mol. The van der Waals surface area contributed by atoms with Crippen molar-refractivity contribution in [1.29, 1.82) is 0 Å². The van der Waals surface area contributed by atoms with Crippen LogP contribution in [0.3, 0.4) is 0 Å². The first-order chi connectivity index (χ1) is 16.9. The summed E-state index contributed by atoms with van der Waals surface area (Å²) in [6, 6.07) is 19.9. The van der Waals surface area contributed by atoms with Gasteiger partial charge in [0, 0.05) is 0 Å². The van der Waals surface area contributed by atoms with Gasteiger partial charge in [-0.1, -0.05) is 89.9 Å². The van der Waals surface area contributed by atoms with E-state index in [0.29, 0.717) is 5.75 Å². The predicted molar refractivity (Wildman–Crippen MR) is 152 cm³/mol. The number of phenols is 2. The molecule has 0 unspecified atom stereocenters. The highest BCUT2D eigenvalue weighted by Crippen LogP contribution is 2.39. The van der Waals surface area contributed by atoms with Crippen LogP contribution in [0.4, 0.5) is 0 Å². The second kappa shape index (κ2) is 17.2. The molecule has 0 radical (unpaired) electrons. The maximum Gasteiger partial charge on any atom is 0.115 e. The lowest BCUT2D eigenvalue weighted by molar-refractivity contribution is -0.0980. The first-order valence-electron chi connectivity index (χ1n) is 12.7. The number of phenolic OH excluding ortho intramolecular Hbond substituents is 2. The van der Waals surface area contributed by atoms with Crippen LogP contribution >= 0.6 is 0 Å². The van der Waals surface area contributed by atoms with Gasteiger partial charge in [0.05, 0.1) is 0 Å². The third kappa shape index (κ3) is 8.75. The molecule has 3 nitrogen and oxygen atoms in total. The topological polar surface area (TPSA) is 57.5 Å². The van der Waals surface area contributed by atoms with E-state index in [1.807, 2.05) is 65.7 Å². The predicted octanol–water partition coefficient (Wildman–Crippen LogP) is 8.90. The van der Waals surface area contributed by atoms with Gasteiger partial charge in [0.25, 0.3) is 0 Å². The van der Waals surface area contributed by atoms with Crippen LogP contribution in [0.5, 0.6) is 11.5 Å². The number of hydrogen-bond donors (Lipinski definition) is 2. The minimum absolute atomic E-state index is 0.277. The van der Waals surface area contributed by atoms with Gasteiger partial charge < -0.3 is 15.0 Å². The van der Waals surface area contributed by atoms with Crippen molar-refractivity contribution in [2.75, 3.05) is 0 Å². The summed E-state index contributed by atoms with van der Waals surface area (Å²) in [6.45, 7) is 18.5. The van der Waals surface area contributed by atoms with Crippen molar-refractivity contribution in [3.63, 3.8) is 0 Å². The smallest absolute Gasteiger partial charge is 0.115 e. The van der Waals surface area contributed by atoms with Crippen molar-refractivity contribution in [2.24, 2.45) is 0 Å². The Morgan fingerprint density at radius 1 is 0.771 bits per heavy atom. The van der Waals surface area contributed by atoms with Gasteiger partial charge in [-0.2, -0.15) is 0 Å². The normalized spacial score (nSPS) is 10.4. The summed E-state index contributed by atoms with van der Waals surface area (Å²) in [7, 11) is 0. The monoisotopic (exact) mass is 476 g/mol. The fraction of sp³-hybridized carbons (Fsp3) is 0.344. The van der Waals surface area contributed by atoms with Crippen molar-refractivity contribution in [3.8, 4) is 11.5 Å². The molecule has 0 heterocycles. The summed E-state index contributed by atoms with van der Waals surface area (Å²) >= 11 is 0. The molecule has 3 rings (SSSR count). The zero-order valence-corrected chi connectivity index (χ0v) is 22.9. The molecule has 0 amide bonds. The van der Waals surface area contributed by atoms with Crippen LogP contribution in [-0.2, 0) is 11.2 Å². The molecule has 190 valence electrons. The first-order valence-corrected chi connectivity index (χ1v) is 12.7. The number of rotatable bonds is 6. The zero-order chi connectivity index (χ0) is 27.0. The van der Waals surface area contributed by atoms with Crippen molar-refractivity contribution in [2.45, 2.75) is 74.7 Å². The summed E-state index contributed by atoms with van der Waals surface area (Å²) in [6.07, 6.45) is 2.78. The maximum atomic E-state index is 10.1. The Labute approximate surface area is 213 Å². The highest BCUT2D eigenvalue weighted by molar-refractivity contribution is 6.00. The van der Waals surface area contributed by atoms with E-state index in [4.69, 9.17) is 4.79 Å². The lowest BCUT2D eigenvalue weighted by Crippen LogP contribution is -2.01. The standard InChI is InChI=1S/C27H30O2.2C2H6.CH2O/c1-5-8-20-17-23(29)12-14-26(20)27(25-13-11-22(28)16-19(25)4)24(6-2)21-10-7-9-18(3)15-21;3*1-2/h7,9-17,28-29H,5-6,8H2,1-4H3;2*1-2H3;1H2/b27-24+;;;. The lowest BCUT2D eigenvalue weighted by Gasteiger charge is -2.21. The number of hydrogen-bond acceptors (Lipinski definition) is 3. The molecule has 3 heteroatoms. The fourth-order valence-corrected chi connectivity index (χ4v) is 4.06. The maximum absolute atomic E-state index is 10.1. The molecule has 0 spiro atoms. The Balaban J connectivity index is 0.00000179. The Hall–Kier alpha value is -3.33. The van der Waals surface area contributed by atoms with Crippen molar-refractivity contribution >= 4 is 17.9 Å². The van der Waals surface area contributed by atoms with Gasteiger partial charge >= 0.3 is 0 Å². The summed E-state index contributed by atoms with van der Waals surface area (Å²) in [4.78, 5) is 8.00. The molecule has 35 heavy (non-hydrogen) atoms. The highest BCUT2D eigenvalue weighted by Gasteiger charge is 2.18. The number of aryl methyl sites for hydroxylation is 3. The summed E-state index contributed by atoms with van der Waals surface area (Å²) in [5.74, 6) is 0.575. The van der Waals surface area contributed by atoms with E-state index < -0.39 is 0 Å². The Kier molecular flexibility index (Phi) is 15.5. The molecule has 0 aliphatic heterocycles. The van der Waals surface area contributed by atoms with Crippen LogP contribution in [0.15, 0.2) is 60.7 Å². The molecular weight excluding hydrogens is 432 g/mol. The second-order valence-corrected chi connectivity index (χ2v) is 7.67. The van der Waals surface area contributed by atoms with E-state index in [1.165, 1.54) is 22.3 Å². The summed E-state index contributed by atoms with van der Waals surface area (Å²) < 4.78 is 0. The SMILES string of the molecule is C=O.CC.CC.CCCc1cc(O)ccc1/C(=C(\CC)c1cccc(C)c1)c1ccc(O)cc1C. The molecule has 3 aromatic carbocycles. The van der Waals surface area contributed by atoms with Gasteiger partial charge in [-0.3, -0.25) is 0 Å². The van der Waals surface area contributed by atoms with E-state index in [1.54, 1.807) is 12.1 Å². The lowest BCUT2D eigenvalue weighted by atomic mass is 9.83. The number of benzene rings is 3. The third-order valence-electron chi connectivity index (χ3n) is 5.38. The number of carbonyl (C=O) groups excluding carboxylic acids is 1. The minimum Gasteiger partial charge on any atom is -0.508 e. The third-order valence-corrected chi connectivity index (χ3v) is 5.38. The van der Waals surface area contributed by atoms with Crippen LogP contribution < -0.4 is 0 Å². The number of carbonyl (C=O) groups is 1. The van der Waals surface area contributed by atoms with Crippen LogP contribution in [-0.4, -0.2) is 17.0 Å². The summed E-state index contributed by atoms with van der Waals surface area (Å²) in [5.41, 5.74) is 9.34. The highest BCUT2D eigenvalue weighted by atomic mass is 16.3. The van der Waals surface area contributed by atoms with Gasteiger partial charge in [0.1, 0.15) is 18.3 Å². The molecule has 0 aromatic heterocycles. The van der Waals surface area contributed by atoms with E-state index in [2.05, 4.69) is 45.0 Å². The largest absolute Gasteiger partial charge is 0.508 e. The van der Waals surface area contributed by atoms with Crippen molar-refractivity contribution in [3.05, 3.63) is 94.0 Å². The van der Waals surface area contributed by atoms with Crippen LogP contribution in [0.2, 0.25) is 0 Å². The summed E-state index contributed by atoms with van der Waals surface area (Å²) in [5, 5.41) is 20.1. The van der Waals surface area contributed by atoms with Gasteiger partial charge in [-0.05, 0) is 89.9 Å². The van der Waals surface area contributed by atoms with Gasteiger partial charge in [0.2, 0.25) is 0 Å². The van der Waals surface area contributed by atoms with Crippen LogP contribution in [0.1, 0.15) is 87.8 Å². The van der Waals surface area contributed by atoms with E-state index in [0.717, 1.165) is 41.5 Å². The van der Waals surface area contributed by atoms with E-state index in [-0.39, 0.29) is 5.75 Å². The Morgan fingerprint density at radius 2 is 1.34 bits per heavy atom. The fourth-order valence-electron chi connectivity index (χ4n) is 4.06. The van der Waals surface area contributed by atoms with Gasteiger partial charge in [0.15, 0.2) is 0 Å². The van der Waals surface area contributed by atoms with Crippen molar-refractivity contribution in [1.82, 2.24) is 0 Å². The Bertz CT molecular complexity index is 1060. The van der Waals surface area contributed by atoms with E-state index >= 15 is 0 Å². The molecule has 2 N–H and O–H groups in total. The molecule has 0 aliphatic rings. The molecule has 0 bridgehead atoms. The molecule has 0 atom stereocenters. The van der Waals surface area contributed by atoms with Crippen LogP contribution in [0, 0.1) is 13.8 Å². The average Bonchev–Trinajstić information content (AvgIpc) is 2.87. The van der Waals surface area contributed by atoms with Crippen molar-refractivity contribution < 1.29 is 15.0 Å². The Morgan fingerprint density at radius 3 is 1.86 bits per heavy atom. The van der Waals surface area contributed by atoms with Gasteiger partial charge in [-0.25, -0.2) is 0 Å². The number of allylic oxidation sites excluding steroid dienone is 1. The van der Waals surface area contributed by atoms with Gasteiger partial charge in [-0.15, -0.1) is 0 Å². The second-order valence-electron chi connectivity index (χ2n) is 7.67. The zero-order valence-electron chi connectivity index (χ0n) is 22.9.